The number of carbonyl (C=O) groups excluding carboxylic acids is 1. The molecule has 122 valence electrons. The van der Waals surface area contributed by atoms with Crippen LogP contribution < -0.4 is 5.32 Å². The summed E-state index contributed by atoms with van der Waals surface area (Å²) in [6, 6.07) is 5.96. The van der Waals surface area contributed by atoms with Crippen molar-refractivity contribution in [2.45, 2.75) is 26.3 Å². The Kier molecular flexibility index (Phi) is 5.33. The quantitative estimate of drug-likeness (QED) is 0.842. The monoisotopic (exact) mass is 336 g/mol. The van der Waals surface area contributed by atoms with Gasteiger partial charge in [-0.05, 0) is 30.5 Å². The van der Waals surface area contributed by atoms with E-state index in [4.69, 9.17) is 16.7 Å². The van der Waals surface area contributed by atoms with Crippen LogP contribution in [0.25, 0.3) is 5.69 Å². The van der Waals surface area contributed by atoms with Gasteiger partial charge in [0.05, 0.1) is 11.9 Å². The first-order valence-corrected chi connectivity index (χ1v) is 7.46. The van der Waals surface area contributed by atoms with E-state index >= 15 is 0 Å². The van der Waals surface area contributed by atoms with Gasteiger partial charge < -0.3 is 10.4 Å². The van der Waals surface area contributed by atoms with Crippen LogP contribution >= 0.6 is 11.6 Å². The number of aromatic nitrogens is 3. The lowest BCUT2D eigenvalue weighted by Crippen LogP contribution is -2.41. The van der Waals surface area contributed by atoms with Gasteiger partial charge in [-0.15, -0.1) is 5.10 Å². The van der Waals surface area contributed by atoms with Gasteiger partial charge in [0, 0.05) is 5.02 Å². The average molecular weight is 337 g/mol. The van der Waals surface area contributed by atoms with Gasteiger partial charge in [0.15, 0.2) is 5.69 Å². The number of carboxylic acid groups (broad SMARTS) is 1. The van der Waals surface area contributed by atoms with Gasteiger partial charge in [-0.3, -0.25) is 4.79 Å². The molecule has 0 saturated carbocycles. The highest BCUT2D eigenvalue weighted by Gasteiger charge is 2.23. The van der Waals surface area contributed by atoms with Crippen LogP contribution in [-0.2, 0) is 4.79 Å². The van der Waals surface area contributed by atoms with E-state index < -0.39 is 17.9 Å². The molecular weight excluding hydrogens is 320 g/mol. The summed E-state index contributed by atoms with van der Waals surface area (Å²) in [5, 5.41) is 19.8. The lowest BCUT2D eigenvalue weighted by Gasteiger charge is -2.15. The van der Waals surface area contributed by atoms with Crippen molar-refractivity contribution in [3.63, 3.8) is 0 Å². The molecular formula is C15H17ClN4O3. The SMILES string of the molecule is CC(C)CC(NC(=O)c1cn(-c2cccc(Cl)c2)nn1)C(=O)O. The molecule has 2 aromatic rings. The predicted molar refractivity (Wildman–Crippen MR) is 84.7 cm³/mol. The first-order valence-electron chi connectivity index (χ1n) is 7.08. The molecule has 23 heavy (non-hydrogen) atoms. The Morgan fingerprint density at radius 1 is 1.39 bits per heavy atom. The summed E-state index contributed by atoms with van der Waals surface area (Å²) in [5.74, 6) is -1.51. The average Bonchev–Trinajstić information content (AvgIpc) is 2.95. The zero-order valence-electron chi connectivity index (χ0n) is 12.7. The number of aliphatic carboxylic acids is 1. The van der Waals surface area contributed by atoms with Crippen LogP contribution in [0, 0.1) is 5.92 Å². The van der Waals surface area contributed by atoms with Gasteiger partial charge in [0.1, 0.15) is 6.04 Å². The maximum absolute atomic E-state index is 12.1. The van der Waals surface area contributed by atoms with E-state index in [0.717, 1.165) is 0 Å². The normalized spacial score (nSPS) is 12.2. The van der Waals surface area contributed by atoms with Crippen LogP contribution in [0.2, 0.25) is 5.02 Å². The van der Waals surface area contributed by atoms with Gasteiger partial charge in [-0.2, -0.15) is 0 Å². The first-order chi connectivity index (χ1) is 10.9. The fourth-order valence-corrected chi connectivity index (χ4v) is 2.22. The lowest BCUT2D eigenvalue weighted by atomic mass is 10.0. The second-order valence-electron chi connectivity index (χ2n) is 5.52. The Morgan fingerprint density at radius 3 is 2.74 bits per heavy atom. The number of nitrogens with one attached hydrogen (secondary N) is 1. The molecule has 1 atom stereocenters. The minimum absolute atomic E-state index is 0.0416. The van der Waals surface area contributed by atoms with Crippen molar-refractivity contribution < 1.29 is 14.7 Å². The Balaban J connectivity index is 2.13. The summed E-state index contributed by atoms with van der Waals surface area (Å²) < 4.78 is 1.40. The number of carboxylic acids is 1. The molecule has 1 heterocycles. The molecule has 2 rings (SSSR count). The molecule has 8 heteroatoms. The Bertz CT molecular complexity index is 714. The number of carbonyl (C=O) groups is 2. The van der Waals surface area contributed by atoms with Crippen molar-refractivity contribution in [2.75, 3.05) is 0 Å². The minimum Gasteiger partial charge on any atom is -0.480 e. The summed E-state index contributed by atoms with van der Waals surface area (Å²) in [5.41, 5.74) is 0.695. The molecule has 1 amide bonds. The van der Waals surface area contributed by atoms with Crippen LogP contribution in [0.5, 0.6) is 0 Å². The van der Waals surface area contributed by atoms with E-state index in [2.05, 4.69) is 15.6 Å². The summed E-state index contributed by atoms with van der Waals surface area (Å²) in [6.45, 7) is 3.77. The zero-order chi connectivity index (χ0) is 17.0. The van der Waals surface area contributed by atoms with Gasteiger partial charge in [-0.25, -0.2) is 9.48 Å². The number of hydrogen-bond acceptors (Lipinski definition) is 4. The molecule has 0 aliphatic heterocycles. The third-order valence-electron chi connectivity index (χ3n) is 3.11. The number of halogens is 1. The smallest absolute Gasteiger partial charge is 0.326 e. The second kappa shape index (κ2) is 7.23. The highest BCUT2D eigenvalue weighted by atomic mass is 35.5. The molecule has 0 bridgehead atoms. The summed E-state index contributed by atoms with van der Waals surface area (Å²) in [6.07, 6.45) is 1.76. The summed E-state index contributed by atoms with van der Waals surface area (Å²) >= 11 is 5.91. The number of nitrogens with zero attached hydrogens (tertiary/aromatic N) is 3. The Labute approximate surface area is 138 Å². The predicted octanol–water partition coefficient (Wildman–Crippen LogP) is 2.15. The first kappa shape index (κ1) is 17.0. The topological polar surface area (TPSA) is 97.1 Å². The standard InChI is InChI=1S/C15H17ClN4O3/c1-9(2)6-12(15(22)23)17-14(21)13-8-20(19-18-13)11-5-3-4-10(16)7-11/h3-5,7-9,12H,6H2,1-2H3,(H,17,21)(H,22,23). The molecule has 0 spiro atoms. The maximum Gasteiger partial charge on any atom is 0.326 e. The van der Waals surface area contributed by atoms with Crippen molar-refractivity contribution in [2.24, 2.45) is 5.92 Å². The van der Waals surface area contributed by atoms with Crippen molar-refractivity contribution in [1.82, 2.24) is 20.3 Å². The molecule has 0 radical (unpaired) electrons. The highest BCUT2D eigenvalue weighted by molar-refractivity contribution is 6.30. The fraction of sp³-hybridized carbons (Fsp3) is 0.333. The largest absolute Gasteiger partial charge is 0.480 e. The van der Waals surface area contributed by atoms with Crippen LogP contribution in [0.4, 0.5) is 0 Å². The van der Waals surface area contributed by atoms with Crippen LogP contribution in [0.3, 0.4) is 0 Å². The number of hydrogen-bond donors (Lipinski definition) is 2. The fourth-order valence-electron chi connectivity index (χ4n) is 2.04. The van der Waals surface area contributed by atoms with Crippen molar-refractivity contribution in [3.05, 3.63) is 41.2 Å². The second-order valence-corrected chi connectivity index (χ2v) is 5.96. The third kappa shape index (κ3) is 4.53. The van der Waals surface area contributed by atoms with Crippen molar-refractivity contribution in [1.29, 1.82) is 0 Å². The van der Waals surface area contributed by atoms with Crippen molar-refractivity contribution in [3.8, 4) is 5.69 Å². The molecule has 2 N–H and O–H groups in total. The minimum atomic E-state index is -1.07. The summed E-state index contributed by atoms with van der Waals surface area (Å²) in [4.78, 5) is 23.3. The molecule has 0 fully saturated rings. The highest BCUT2D eigenvalue weighted by Crippen LogP contribution is 2.14. The molecule has 0 aliphatic rings. The number of amides is 1. The van der Waals surface area contributed by atoms with Gasteiger partial charge in [0.2, 0.25) is 0 Å². The van der Waals surface area contributed by atoms with E-state index in [0.29, 0.717) is 17.1 Å². The van der Waals surface area contributed by atoms with Crippen molar-refractivity contribution >= 4 is 23.5 Å². The van der Waals surface area contributed by atoms with Crippen LogP contribution in [0.1, 0.15) is 30.8 Å². The van der Waals surface area contributed by atoms with Gasteiger partial charge in [0.25, 0.3) is 5.91 Å². The molecule has 7 nitrogen and oxygen atoms in total. The lowest BCUT2D eigenvalue weighted by molar-refractivity contribution is -0.139. The van der Waals surface area contributed by atoms with E-state index in [1.807, 2.05) is 13.8 Å². The van der Waals surface area contributed by atoms with E-state index in [9.17, 15) is 9.59 Å². The molecule has 1 unspecified atom stereocenters. The zero-order valence-corrected chi connectivity index (χ0v) is 13.5. The molecule has 0 saturated heterocycles. The van der Waals surface area contributed by atoms with Gasteiger partial charge in [-0.1, -0.05) is 36.7 Å². The third-order valence-corrected chi connectivity index (χ3v) is 3.34. The van der Waals surface area contributed by atoms with E-state index in [-0.39, 0.29) is 11.6 Å². The number of rotatable bonds is 6. The van der Waals surface area contributed by atoms with Crippen LogP contribution in [-0.4, -0.2) is 38.0 Å². The van der Waals surface area contributed by atoms with Gasteiger partial charge >= 0.3 is 5.97 Å². The maximum atomic E-state index is 12.1. The summed E-state index contributed by atoms with van der Waals surface area (Å²) in [7, 11) is 0. The molecule has 1 aromatic carbocycles. The van der Waals surface area contributed by atoms with E-state index in [1.54, 1.807) is 24.3 Å². The van der Waals surface area contributed by atoms with Crippen LogP contribution in [0.15, 0.2) is 30.5 Å². The molecule has 1 aromatic heterocycles. The van der Waals surface area contributed by atoms with E-state index in [1.165, 1.54) is 10.9 Å². The Hall–Kier alpha value is -2.41. The Morgan fingerprint density at radius 2 is 2.13 bits per heavy atom. The molecule has 0 aliphatic carbocycles. The number of benzene rings is 1.